The van der Waals surface area contributed by atoms with E-state index in [2.05, 4.69) is 30.9 Å². The maximum Gasteiger partial charge on any atom is 0.326 e. The lowest BCUT2D eigenvalue weighted by atomic mass is 10.0. The lowest BCUT2D eigenvalue weighted by Gasteiger charge is -2.25. The van der Waals surface area contributed by atoms with Gasteiger partial charge in [-0.25, -0.2) is 9.78 Å². The van der Waals surface area contributed by atoms with E-state index in [1.165, 1.54) is 12.5 Å². The number of amides is 5. The van der Waals surface area contributed by atoms with E-state index in [9.17, 15) is 33.9 Å². The molecule has 224 valence electrons. The van der Waals surface area contributed by atoms with Crippen molar-refractivity contribution in [1.29, 1.82) is 0 Å². The summed E-state index contributed by atoms with van der Waals surface area (Å²) in [5.74, 6) is -5.42. The zero-order valence-electron chi connectivity index (χ0n) is 22.5. The van der Waals surface area contributed by atoms with Crippen LogP contribution in [0.5, 0.6) is 0 Å². The highest BCUT2D eigenvalue weighted by atomic mass is 16.4. The van der Waals surface area contributed by atoms with E-state index in [1.807, 2.05) is 18.2 Å². The molecule has 0 aliphatic carbocycles. The minimum absolute atomic E-state index is 0.0599. The van der Waals surface area contributed by atoms with Crippen molar-refractivity contribution in [2.45, 2.75) is 56.3 Å². The van der Waals surface area contributed by atoms with Gasteiger partial charge in [0.05, 0.1) is 18.8 Å². The van der Waals surface area contributed by atoms with Crippen LogP contribution in [0, 0.1) is 0 Å². The van der Waals surface area contributed by atoms with Crippen molar-refractivity contribution in [2.24, 2.45) is 17.2 Å². The Morgan fingerprint density at radius 2 is 1.50 bits per heavy atom. The molecule has 0 aliphatic heterocycles. The molecule has 4 atom stereocenters. The molecule has 0 fully saturated rings. The first-order chi connectivity index (χ1) is 19.9. The van der Waals surface area contributed by atoms with Gasteiger partial charge in [-0.3, -0.25) is 24.0 Å². The number of carboxylic acids is 1. The number of benzene rings is 1. The minimum Gasteiger partial charge on any atom is -0.480 e. The number of H-pyrrole nitrogens is 2. The molecule has 2 aromatic heterocycles. The molecule has 42 heavy (non-hydrogen) atoms. The largest absolute Gasteiger partial charge is 0.480 e. The number of aromatic amines is 2. The number of nitrogens with zero attached hydrogens (tertiary/aromatic N) is 1. The van der Waals surface area contributed by atoms with Crippen molar-refractivity contribution in [3.05, 3.63) is 54.2 Å². The maximum atomic E-state index is 13.5. The number of imidazole rings is 1. The molecule has 0 radical (unpaired) electrons. The Hall–Kier alpha value is -5.25. The van der Waals surface area contributed by atoms with E-state index in [4.69, 9.17) is 17.2 Å². The average Bonchev–Trinajstić information content (AvgIpc) is 3.59. The van der Waals surface area contributed by atoms with Crippen LogP contribution in [0.1, 0.15) is 30.5 Å². The van der Waals surface area contributed by atoms with Gasteiger partial charge in [-0.1, -0.05) is 18.2 Å². The second kappa shape index (κ2) is 14.4. The Bertz CT molecular complexity index is 1440. The summed E-state index contributed by atoms with van der Waals surface area (Å²) in [5.41, 5.74) is 17.9. The number of carboxylic acid groups (broad SMARTS) is 1. The number of carbonyl (C=O) groups is 6. The molecule has 3 rings (SSSR count). The van der Waals surface area contributed by atoms with Crippen LogP contribution in [-0.2, 0) is 41.6 Å². The Balaban J connectivity index is 1.88. The predicted octanol–water partition coefficient (Wildman–Crippen LogP) is -2.32. The van der Waals surface area contributed by atoms with Gasteiger partial charge < -0.3 is 48.2 Å². The molecule has 2 heterocycles. The molecule has 1 aromatic carbocycles. The van der Waals surface area contributed by atoms with Crippen molar-refractivity contribution in [2.75, 3.05) is 0 Å². The molecule has 0 saturated carbocycles. The van der Waals surface area contributed by atoms with Crippen LogP contribution < -0.4 is 33.2 Å². The van der Waals surface area contributed by atoms with Crippen LogP contribution in [0.15, 0.2) is 43.0 Å². The van der Waals surface area contributed by atoms with E-state index in [-0.39, 0.29) is 25.7 Å². The van der Waals surface area contributed by atoms with Gasteiger partial charge in [0.25, 0.3) is 0 Å². The summed E-state index contributed by atoms with van der Waals surface area (Å²) in [6.07, 6.45) is 3.30. The van der Waals surface area contributed by atoms with Crippen molar-refractivity contribution >= 4 is 46.4 Å². The van der Waals surface area contributed by atoms with Gasteiger partial charge >= 0.3 is 5.97 Å². The molecule has 16 heteroatoms. The fourth-order valence-corrected chi connectivity index (χ4v) is 4.23. The third-order valence-corrected chi connectivity index (χ3v) is 6.40. The highest BCUT2D eigenvalue weighted by Crippen LogP contribution is 2.19. The van der Waals surface area contributed by atoms with Crippen LogP contribution >= 0.6 is 0 Å². The van der Waals surface area contributed by atoms with Crippen LogP contribution in [0.25, 0.3) is 10.9 Å². The number of nitrogens with two attached hydrogens (primary N) is 3. The molecule has 0 spiro atoms. The van der Waals surface area contributed by atoms with Crippen molar-refractivity contribution in [3.63, 3.8) is 0 Å². The summed E-state index contributed by atoms with van der Waals surface area (Å²) in [5, 5.41) is 17.8. The van der Waals surface area contributed by atoms with E-state index in [1.54, 1.807) is 12.3 Å². The SMILES string of the molecule is NC(=O)CCC(NC(=O)C(Cc1c[nH]c2ccccc12)NC(=O)C(Cc1cnc[nH]1)NC(=O)C(N)CC(N)=O)C(=O)O. The van der Waals surface area contributed by atoms with Gasteiger partial charge in [0.1, 0.15) is 18.1 Å². The Morgan fingerprint density at radius 3 is 2.12 bits per heavy atom. The summed E-state index contributed by atoms with van der Waals surface area (Å²) in [7, 11) is 0. The number of hydrogen-bond donors (Lipinski definition) is 9. The lowest BCUT2D eigenvalue weighted by Crippen LogP contribution is -2.58. The Morgan fingerprint density at radius 1 is 0.857 bits per heavy atom. The summed E-state index contributed by atoms with van der Waals surface area (Å²) in [6.45, 7) is 0. The number of nitrogens with one attached hydrogen (secondary N) is 5. The normalized spacial score (nSPS) is 13.8. The van der Waals surface area contributed by atoms with E-state index < -0.39 is 66.1 Å². The minimum atomic E-state index is -1.46. The molecule has 5 amide bonds. The number of aliphatic carboxylic acids is 1. The number of hydrogen-bond acceptors (Lipinski definition) is 8. The highest BCUT2D eigenvalue weighted by Gasteiger charge is 2.31. The summed E-state index contributed by atoms with van der Waals surface area (Å²) in [6, 6.07) is 1.87. The zero-order chi connectivity index (χ0) is 30.8. The fourth-order valence-electron chi connectivity index (χ4n) is 4.23. The number of aromatic nitrogens is 3. The molecular formula is C26H33N9O7. The molecular weight excluding hydrogens is 550 g/mol. The molecule has 0 bridgehead atoms. The maximum absolute atomic E-state index is 13.5. The van der Waals surface area contributed by atoms with Crippen LogP contribution in [-0.4, -0.2) is 79.7 Å². The number of primary amides is 2. The summed E-state index contributed by atoms with van der Waals surface area (Å²) < 4.78 is 0. The fraction of sp³-hybridized carbons (Fsp3) is 0.346. The third-order valence-electron chi connectivity index (χ3n) is 6.40. The van der Waals surface area contributed by atoms with Gasteiger partial charge in [-0.15, -0.1) is 0 Å². The number of fused-ring (bicyclic) bond motifs is 1. The van der Waals surface area contributed by atoms with Gasteiger partial charge in [0.2, 0.25) is 29.5 Å². The first kappa shape index (κ1) is 31.3. The molecule has 4 unspecified atom stereocenters. The highest BCUT2D eigenvalue weighted by molar-refractivity contribution is 5.95. The first-order valence-electron chi connectivity index (χ1n) is 12.9. The predicted molar refractivity (Wildman–Crippen MR) is 148 cm³/mol. The van der Waals surface area contributed by atoms with Crippen LogP contribution in [0.4, 0.5) is 0 Å². The molecule has 16 nitrogen and oxygen atoms in total. The number of rotatable bonds is 16. The third kappa shape index (κ3) is 8.88. The molecule has 0 aliphatic rings. The topological polar surface area (TPSA) is 281 Å². The zero-order valence-corrected chi connectivity index (χ0v) is 22.5. The number of para-hydroxylation sites is 1. The van der Waals surface area contributed by atoms with Crippen molar-refractivity contribution in [1.82, 2.24) is 30.9 Å². The standard InChI is InChI=1S/C26H33N9O7/c27-16(9-22(29)37)23(38)34-20(8-14-11-30-12-32-14)25(40)35-19(7-13-10-31-17-4-2-1-3-15(13)17)24(39)33-18(26(41)42)5-6-21(28)36/h1-4,10-12,16,18-20,31H,5-9,27H2,(H2,28,36)(H2,29,37)(H,30,32)(H,33,39)(H,34,38)(H,35,40)(H,41,42). The monoisotopic (exact) mass is 583 g/mol. The Kier molecular flexibility index (Phi) is 10.7. The smallest absolute Gasteiger partial charge is 0.326 e. The van der Waals surface area contributed by atoms with Crippen LogP contribution in [0.3, 0.4) is 0 Å². The van der Waals surface area contributed by atoms with Crippen molar-refractivity contribution in [3.8, 4) is 0 Å². The first-order valence-corrected chi connectivity index (χ1v) is 12.9. The van der Waals surface area contributed by atoms with E-state index >= 15 is 0 Å². The van der Waals surface area contributed by atoms with E-state index in [0.717, 1.165) is 10.9 Å². The quantitative estimate of drug-likeness (QED) is 0.0874. The van der Waals surface area contributed by atoms with Crippen LogP contribution in [0.2, 0.25) is 0 Å². The summed E-state index contributed by atoms with van der Waals surface area (Å²) in [4.78, 5) is 83.6. The molecule has 0 saturated heterocycles. The van der Waals surface area contributed by atoms with Gasteiger partial charge in [0, 0.05) is 48.3 Å². The molecule has 3 aromatic rings. The average molecular weight is 584 g/mol. The Labute approximate surface area is 239 Å². The van der Waals surface area contributed by atoms with Crippen molar-refractivity contribution < 1.29 is 33.9 Å². The number of carbonyl (C=O) groups excluding carboxylic acids is 5. The van der Waals surface area contributed by atoms with Gasteiger partial charge in [-0.2, -0.15) is 0 Å². The van der Waals surface area contributed by atoms with Gasteiger partial charge in [0.15, 0.2) is 0 Å². The van der Waals surface area contributed by atoms with Gasteiger partial charge in [-0.05, 0) is 18.1 Å². The van der Waals surface area contributed by atoms with E-state index in [0.29, 0.717) is 11.3 Å². The second-order valence-corrected chi connectivity index (χ2v) is 9.65. The second-order valence-electron chi connectivity index (χ2n) is 9.65. The lowest BCUT2D eigenvalue weighted by molar-refractivity contribution is -0.142. The molecule has 12 N–H and O–H groups in total. The summed E-state index contributed by atoms with van der Waals surface area (Å²) >= 11 is 0.